The average molecular weight is 253 g/mol. The average Bonchev–Trinajstić information content (AvgIpc) is 3.01. The van der Waals surface area contributed by atoms with Gasteiger partial charge in [0.2, 0.25) is 0 Å². The molecule has 5 heteroatoms. The van der Waals surface area contributed by atoms with Gasteiger partial charge in [-0.15, -0.1) is 0 Å². The molecule has 2 N–H and O–H groups in total. The molecule has 2 heterocycles. The van der Waals surface area contributed by atoms with E-state index in [-0.39, 0.29) is 18.2 Å². The van der Waals surface area contributed by atoms with Crippen molar-refractivity contribution in [3.8, 4) is 0 Å². The predicted octanol–water partition coefficient (Wildman–Crippen LogP) is 1.39. The molecule has 5 nitrogen and oxygen atoms in total. The minimum Gasteiger partial charge on any atom is -0.376 e. The van der Waals surface area contributed by atoms with Gasteiger partial charge in [-0.2, -0.15) is 5.10 Å². The van der Waals surface area contributed by atoms with E-state index in [1.165, 1.54) is 0 Å². The Labute approximate surface area is 108 Å². The summed E-state index contributed by atoms with van der Waals surface area (Å²) in [5, 5.41) is 4.18. The maximum atomic E-state index is 6.14. The van der Waals surface area contributed by atoms with E-state index in [1.807, 2.05) is 19.4 Å². The molecule has 1 aliphatic rings. The Morgan fingerprint density at radius 1 is 1.67 bits per heavy atom. The van der Waals surface area contributed by atoms with Gasteiger partial charge in [0.1, 0.15) is 6.10 Å². The minimum absolute atomic E-state index is 0.00407. The molecule has 0 spiro atoms. The fraction of sp³-hybridized carbons (Fsp3) is 0.769. The first-order valence-corrected chi connectivity index (χ1v) is 6.68. The quantitative estimate of drug-likeness (QED) is 0.832. The highest BCUT2D eigenvalue weighted by molar-refractivity contribution is 5.10. The van der Waals surface area contributed by atoms with E-state index in [0.29, 0.717) is 6.61 Å². The Kier molecular flexibility index (Phi) is 4.74. The summed E-state index contributed by atoms with van der Waals surface area (Å²) in [6.07, 6.45) is 7.03. The second-order valence-corrected chi connectivity index (χ2v) is 4.91. The highest BCUT2D eigenvalue weighted by Crippen LogP contribution is 2.23. The topological polar surface area (TPSA) is 62.3 Å². The van der Waals surface area contributed by atoms with Gasteiger partial charge in [-0.05, 0) is 19.3 Å². The highest BCUT2D eigenvalue weighted by Gasteiger charge is 2.24. The van der Waals surface area contributed by atoms with Crippen LogP contribution in [0, 0.1) is 0 Å². The van der Waals surface area contributed by atoms with E-state index >= 15 is 0 Å². The first-order valence-electron chi connectivity index (χ1n) is 6.68. The summed E-state index contributed by atoms with van der Waals surface area (Å²) in [6.45, 7) is 3.54. The predicted molar refractivity (Wildman–Crippen MR) is 69.1 cm³/mol. The molecule has 1 aliphatic heterocycles. The van der Waals surface area contributed by atoms with Crippen molar-refractivity contribution in [2.24, 2.45) is 12.8 Å². The van der Waals surface area contributed by atoms with E-state index in [2.05, 4.69) is 12.0 Å². The molecule has 0 bridgehead atoms. The van der Waals surface area contributed by atoms with E-state index < -0.39 is 0 Å². The van der Waals surface area contributed by atoms with Crippen LogP contribution in [-0.2, 0) is 16.5 Å². The third-order valence-corrected chi connectivity index (χ3v) is 3.40. The zero-order valence-corrected chi connectivity index (χ0v) is 11.2. The maximum absolute atomic E-state index is 6.14. The van der Waals surface area contributed by atoms with Crippen LogP contribution in [-0.4, -0.2) is 35.1 Å². The van der Waals surface area contributed by atoms with Crippen LogP contribution in [0.2, 0.25) is 0 Å². The Bertz CT molecular complexity index is 361. The Morgan fingerprint density at radius 2 is 2.50 bits per heavy atom. The second-order valence-electron chi connectivity index (χ2n) is 4.91. The summed E-state index contributed by atoms with van der Waals surface area (Å²) in [7, 11) is 1.90. The molecular formula is C13H23N3O2. The number of nitrogens with two attached hydrogens (primary N) is 1. The summed E-state index contributed by atoms with van der Waals surface area (Å²) in [5.41, 5.74) is 7.19. The van der Waals surface area contributed by atoms with Gasteiger partial charge in [0.15, 0.2) is 0 Å². The van der Waals surface area contributed by atoms with Crippen molar-refractivity contribution in [1.29, 1.82) is 0 Å². The van der Waals surface area contributed by atoms with Crippen molar-refractivity contribution < 1.29 is 9.47 Å². The van der Waals surface area contributed by atoms with Crippen LogP contribution in [0.5, 0.6) is 0 Å². The molecule has 3 atom stereocenters. The van der Waals surface area contributed by atoms with Gasteiger partial charge in [-0.3, -0.25) is 4.68 Å². The summed E-state index contributed by atoms with van der Waals surface area (Å²) >= 11 is 0. The lowest BCUT2D eigenvalue weighted by Gasteiger charge is -2.23. The minimum atomic E-state index is -0.0899. The van der Waals surface area contributed by atoms with Crippen LogP contribution in [0.3, 0.4) is 0 Å². The van der Waals surface area contributed by atoms with Gasteiger partial charge < -0.3 is 15.2 Å². The standard InChI is InChI=1S/C13H23N3O2/c1-3-12(14)13(10-7-15-16(2)8-10)18-9-11-5-4-6-17-11/h7-8,11-13H,3-6,9,14H2,1-2H3. The first-order chi connectivity index (χ1) is 8.70. The Hall–Kier alpha value is -0.910. The SMILES string of the molecule is CCC(N)C(OCC1CCCO1)c1cnn(C)c1. The molecule has 1 aromatic rings. The van der Waals surface area contributed by atoms with Crippen LogP contribution < -0.4 is 5.73 Å². The fourth-order valence-electron chi connectivity index (χ4n) is 2.25. The largest absolute Gasteiger partial charge is 0.376 e. The van der Waals surface area contributed by atoms with Crippen molar-refractivity contribution in [2.45, 2.75) is 44.4 Å². The lowest BCUT2D eigenvalue weighted by molar-refractivity contribution is -0.0310. The Morgan fingerprint density at radius 3 is 3.06 bits per heavy atom. The molecule has 0 aliphatic carbocycles. The molecule has 0 aromatic carbocycles. The van der Waals surface area contributed by atoms with Gasteiger partial charge in [0.05, 0.1) is 18.9 Å². The molecule has 1 fully saturated rings. The lowest BCUT2D eigenvalue weighted by atomic mass is 10.0. The fourth-order valence-corrected chi connectivity index (χ4v) is 2.25. The van der Waals surface area contributed by atoms with E-state index in [1.54, 1.807) is 4.68 Å². The molecule has 0 saturated carbocycles. The molecule has 3 unspecified atom stereocenters. The van der Waals surface area contributed by atoms with Gasteiger partial charge in [-0.1, -0.05) is 6.92 Å². The number of aromatic nitrogens is 2. The molecule has 1 aromatic heterocycles. The number of nitrogens with zero attached hydrogens (tertiary/aromatic N) is 2. The molecule has 102 valence electrons. The molecule has 0 amide bonds. The van der Waals surface area contributed by atoms with E-state index in [0.717, 1.165) is 31.4 Å². The number of rotatable bonds is 6. The maximum Gasteiger partial charge on any atom is 0.101 e. The van der Waals surface area contributed by atoms with Crippen molar-refractivity contribution in [2.75, 3.05) is 13.2 Å². The molecule has 2 rings (SSSR count). The van der Waals surface area contributed by atoms with Crippen molar-refractivity contribution in [1.82, 2.24) is 9.78 Å². The zero-order valence-electron chi connectivity index (χ0n) is 11.2. The van der Waals surface area contributed by atoms with Crippen LogP contribution in [0.25, 0.3) is 0 Å². The highest BCUT2D eigenvalue weighted by atomic mass is 16.5. The summed E-state index contributed by atoms with van der Waals surface area (Å²) in [5.74, 6) is 0. The first kappa shape index (κ1) is 13.5. The number of hydrogen-bond acceptors (Lipinski definition) is 4. The zero-order chi connectivity index (χ0) is 13.0. The van der Waals surface area contributed by atoms with Crippen molar-refractivity contribution in [3.63, 3.8) is 0 Å². The third kappa shape index (κ3) is 3.31. The lowest BCUT2D eigenvalue weighted by Crippen LogP contribution is -2.31. The van der Waals surface area contributed by atoms with Gasteiger partial charge >= 0.3 is 0 Å². The van der Waals surface area contributed by atoms with E-state index in [9.17, 15) is 0 Å². The molecular weight excluding hydrogens is 230 g/mol. The normalized spacial score (nSPS) is 23.2. The molecule has 18 heavy (non-hydrogen) atoms. The number of aryl methyl sites for hydroxylation is 1. The van der Waals surface area contributed by atoms with E-state index in [4.69, 9.17) is 15.2 Å². The third-order valence-electron chi connectivity index (χ3n) is 3.40. The van der Waals surface area contributed by atoms with Crippen molar-refractivity contribution in [3.05, 3.63) is 18.0 Å². The summed E-state index contributed by atoms with van der Waals surface area (Å²) in [4.78, 5) is 0. The monoisotopic (exact) mass is 253 g/mol. The van der Waals surface area contributed by atoms with Crippen LogP contribution in [0.4, 0.5) is 0 Å². The molecule has 1 saturated heterocycles. The summed E-state index contributed by atoms with van der Waals surface area (Å²) < 4.78 is 13.3. The molecule has 0 radical (unpaired) electrons. The van der Waals surface area contributed by atoms with Crippen molar-refractivity contribution >= 4 is 0 Å². The van der Waals surface area contributed by atoms with Gasteiger partial charge in [0, 0.05) is 31.5 Å². The summed E-state index contributed by atoms with van der Waals surface area (Å²) in [6, 6.07) is -0.00407. The van der Waals surface area contributed by atoms with Gasteiger partial charge in [0.25, 0.3) is 0 Å². The second kappa shape index (κ2) is 6.31. The smallest absolute Gasteiger partial charge is 0.101 e. The van der Waals surface area contributed by atoms with Crippen LogP contribution >= 0.6 is 0 Å². The van der Waals surface area contributed by atoms with Crippen LogP contribution in [0.15, 0.2) is 12.4 Å². The number of ether oxygens (including phenoxy) is 2. The van der Waals surface area contributed by atoms with Gasteiger partial charge in [-0.25, -0.2) is 0 Å². The van der Waals surface area contributed by atoms with Crippen LogP contribution in [0.1, 0.15) is 37.9 Å². The number of hydrogen-bond donors (Lipinski definition) is 1. The Balaban J connectivity index is 1.96.